The quantitative estimate of drug-likeness (QED) is 0.832. The van der Waals surface area contributed by atoms with Gasteiger partial charge in [-0.05, 0) is 12.8 Å². The Labute approximate surface area is 117 Å². The van der Waals surface area contributed by atoms with Gasteiger partial charge in [0.15, 0.2) is 5.75 Å². The number of methoxy groups -OCH3 is 2. The van der Waals surface area contributed by atoms with Crippen LogP contribution in [0.3, 0.4) is 0 Å². The first-order valence-electron chi connectivity index (χ1n) is 6.48. The number of carbonyl (C=O) groups excluding carboxylic acids is 1. The van der Waals surface area contributed by atoms with E-state index in [1.807, 2.05) is 0 Å². The number of esters is 1. The van der Waals surface area contributed by atoms with Crippen LogP contribution in [0.15, 0.2) is 0 Å². The Hall–Kier alpha value is -1.43. The third-order valence-electron chi connectivity index (χ3n) is 3.41. The van der Waals surface area contributed by atoms with Crippen LogP contribution in [-0.2, 0) is 4.74 Å². The van der Waals surface area contributed by atoms with Crippen LogP contribution in [0.5, 0.6) is 5.75 Å². The molecule has 1 fully saturated rings. The molecule has 1 aromatic rings. The summed E-state index contributed by atoms with van der Waals surface area (Å²) in [7, 11) is 2.91. The Kier molecular flexibility index (Phi) is 4.52. The number of rotatable bonds is 4. The van der Waals surface area contributed by atoms with Crippen molar-refractivity contribution < 1.29 is 14.3 Å². The number of nitrogens with two attached hydrogens (primary N) is 1. The first-order valence-corrected chi connectivity index (χ1v) is 7.30. The molecule has 1 aliphatic rings. The van der Waals surface area contributed by atoms with Gasteiger partial charge in [0, 0.05) is 6.04 Å². The van der Waals surface area contributed by atoms with Crippen molar-refractivity contribution in [3.8, 4) is 5.75 Å². The predicted molar refractivity (Wildman–Crippen MR) is 77.1 cm³/mol. The van der Waals surface area contributed by atoms with Crippen LogP contribution < -0.4 is 15.8 Å². The number of ether oxygens (including phenoxy) is 2. The Bertz CT molecular complexity index is 453. The van der Waals surface area contributed by atoms with Gasteiger partial charge < -0.3 is 20.5 Å². The molecule has 0 unspecified atom stereocenters. The summed E-state index contributed by atoms with van der Waals surface area (Å²) in [4.78, 5) is 12.0. The summed E-state index contributed by atoms with van der Waals surface area (Å²) in [5.74, 6) is 0.133. The lowest BCUT2D eigenvalue weighted by molar-refractivity contribution is 0.0607. The van der Waals surface area contributed by atoms with Gasteiger partial charge in [-0.3, -0.25) is 0 Å². The molecule has 0 spiro atoms. The Morgan fingerprint density at radius 2 is 2.00 bits per heavy atom. The van der Waals surface area contributed by atoms with E-state index < -0.39 is 5.97 Å². The highest BCUT2D eigenvalue weighted by atomic mass is 32.1. The zero-order valence-corrected chi connectivity index (χ0v) is 12.1. The molecule has 0 radical (unpaired) electrons. The van der Waals surface area contributed by atoms with Gasteiger partial charge in [0.05, 0.1) is 14.2 Å². The molecule has 0 atom stereocenters. The van der Waals surface area contributed by atoms with E-state index in [9.17, 15) is 4.79 Å². The Balaban J connectivity index is 2.21. The molecule has 2 rings (SSSR count). The molecule has 0 aliphatic heterocycles. The summed E-state index contributed by atoms with van der Waals surface area (Å²) in [6.07, 6.45) is 6.08. The van der Waals surface area contributed by atoms with Crippen molar-refractivity contribution in [2.24, 2.45) is 0 Å². The minimum Gasteiger partial charge on any atom is -0.492 e. The van der Waals surface area contributed by atoms with Gasteiger partial charge >= 0.3 is 5.97 Å². The Morgan fingerprint density at radius 3 is 2.58 bits per heavy atom. The van der Waals surface area contributed by atoms with Crippen molar-refractivity contribution in [3.63, 3.8) is 0 Å². The highest BCUT2D eigenvalue weighted by molar-refractivity contribution is 7.19. The molecule has 0 bridgehead atoms. The molecule has 1 aliphatic carbocycles. The van der Waals surface area contributed by atoms with Gasteiger partial charge in [-0.15, -0.1) is 11.3 Å². The van der Waals surface area contributed by atoms with Gasteiger partial charge in [0.2, 0.25) is 0 Å². The molecule has 0 saturated heterocycles. The van der Waals surface area contributed by atoms with Crippen molar-refractivity contribution in [2.75, 3.05) is 25.3 Å². The first kappa shape index (κ1) is 14.0. The summed E-state index contributed by atoms with van der Waals surface area (Å²) in [5.41, 5.74) is 6.30. The number of thiophene rings is 1. The number of nitrogen functional groups attached to an aromatic ring is 1. The standard InChI is InChI=1S/C13H20N2O3S/c1-17-10-9(14)11(13(16)18-2)19-12(10)15-8-6-4-3-5-7-8/h8,15H,3-7,14H2,1-2H3. The van der Waals surface area contributed by atoms with Gasteiger partial charge in [-0.1, -0.05) is 19.3 Å². The molecule has 6 heteroatoms. The Morgan fingerprint density at radius 1 is 1.32 bits per heavy atom. The maximum absolute atomic E-state index is 11.6. The van der Waals surface area contributed by atoms with E-state index in [0.29, 0.717) is 22.4 Å². The maximum atomic E-state index is 11.6. The van der Waals surface area contributed by atoms with Crippen molar-refractivity contribution >= 4 is 28.0 Å². The topological polar surface area (TPSA) is 73.6 Å². The third kappa shape index (κ3) is 2.94. The molecule has 0 aromatic carbocycles. The van der Waals surface area contributed by atoms with Crippen LogP contribution in [0.4, 0.5) is 10.7 Å². The van der Waals surface area contributed by atoms with Gasteiger partial charge in [0.25, 0.3) is 0 Å². The lowest BCUT2D eigenvalue weighted by Gasteiger charge is -2.23. The average Bonchev–Trinajstić information content (AvgIpc) is 2.75. The average molecular weight is 284 g/mol. The number of anilines is 2. The van der Waals surface area contributed by atoms with Crippen molar-refractivity contribution in [1.29, 1.82) is 0 Å². The largest absolute Gasteiger partial charge is 0.492 e. The van der Waals surface area contributed by atoms with Crippen LogP contribution in [0.25, 0.3) is 0 Å². The first-order chi connectivity index (χ1) is 9.17. The van der Waals surface area contributed by atoms with Gasteiger partial charge in [-0.2, -0.15) is 0 Å². The third-order valence-corrected chi connectivity index (χ3v) is 4.51. The predicted octanol–water partition coefficient (Wildman–Crippen LogP) is 2.87. The number of hydrogen-bond donors (Lipinski definition) is 2. The van der Waals surface area contributed by atoms with Gasteiger partial charge in [0.1, 0.15) is 15.6 Å². The number of hydrogen-bond acceptors (Lipinski definition) is 6. The molecule has 1 heterocycles. The number of carbonyl (C=O) groups is 1. The van der Waals surface area contributed by atoms with Crippen LogP contribution in [0.2, 0.25) is 0 Å². The fraction of sp³-hybridized carbons (Fsp3) is 0.615. The maximum Gasteiger partial charge on any atom is 0.350 e. The minimum atomic E-state index is -0.419. The lowest BCUT2D eigenvalue weighted by Crippen LogP contribution is -2.21. The van der Waals surface area contributed by atoms with E-state index in [-0.39, 0.29) is 0 Å². The summed E-state index contributed by atoms with van der Waals surface area (Å²) < 4.78 is 10.0. The van der Waals surface area contributed by atoms with E-state index in [4.69, 9.17) is 15.2 Å². The molecule has 5 nitrogen and oxygen atoms in total. The van der Waals surface area contributed by atoms with Crippen LogP contribution >= 0.6 is 11.3 Å². The molecule has 1 aromatic heterocycles. The normalized spacial score (nSPS) is 16.1. The molecule has 0 amide bonds. The smallest absolute Gasteiger partial charge is 0.350 e. The fourth-order valence-electron chi connectivity index (χ4n) is 2.40. The van der Waals surface area contributed by atoms with E-state index in [2.05, 4.69) is 5.32 Å². The van der Waals surface area contributed by atoms with E-state index in [1.54, 1.807) is 7.11 Å². The highest BCUT2D eigenvalue weighted by Gasteiger charge is 2.24. The van der Waals surface area contributed by atoms with Crippen LogP contribution in [0.1, 0.15) is 41.8 Å². The highest BCUT2D eigenvalue weighted by Crippen LogP contribution is 2.43. The lowest BCUT2D eigenvalue weighted by atomic mass is 9.96. The molecule has 3 N–H and O–H groups in total. The molecular weight excluding hydrogens is 264 g/mol. The molecule has 1 saturated carbocycles. The number of nitrogens with one attached hydrogen (secondary N) is 1. The van der Waals surface area contributed by atoms with Crippen molar-refractivity contribution in [1.82, 2.24) is 0 Å². The molecular formula is C13H20N2O3S. The van der Waals surface area contributed by atoms with Gasteiger partial charge in [-0.25, -0.2) is 4.79 Å². The second-order valence-corrected chi connectivity index (χ2v) is 5.70. The SMILES string of the molecule is COC(=O)c1sc(NC2CCCCC2)c(OC)c1N. The van der Waals surface area contributed by atoms with Crippen LogP contribution in [0, 0.1) is 0 Å². The monoisotopic (exact) mass is 284 g/mol. The van der Waals surface area contributed by atoms with E-state index in [0.717, 1.165) is 17.8 Å². The summed E-state index contributed by atoms with van der Waals surface area (Å²) in [5, 5.41) is 4.27. The summed E-state index contributed by atoms with van der Waals surface area (Å²) >= 11 is 1.30. The van der Waals surface area contributed by atoms with Crippen LogP contribution in [-0.4, -0.2) is 26.2 Å². The zero-order chi connectivity index (χ0) is 13.8. The second-order valence-electron chi connectivity index (χ2n) is 4.68. The fourth-order valence-corrected chi connectivity index (χ4v) is 3.49. The molecule has 19 heavy (non-hydrogen) atoms. The van der Waals surface area contributed by atoms with E-state index >= 15 is 0 Å². The summed E-state index contributed by atoms with van der Waals surface area (Å²) in [6, 6.07) is 0.436. The molecule has 106 valence electrons. The van der Waals surface area contributed by atoms with Crippen molar-refractivity contribution in [3.05, 3.63) is 4.88 Å². The van der Waals surface area contributed by atoms with E-state index in [1.165, 1.54) is 37.7 Å². The summed E-state index contributed by atoms with van der Waals surface area (Å²) in [6.45, 7) is 0. The zero-order valence-electron chi connectivity index (χ0n) is 11.3. The van der Waals surface area contributed by atoms with Crippen molar-refractivity contribution in [2.45, 2.75) is 38.1 Å². The second kappa shape index (κ2) is 6.14. The minimum absolute atomic E-state index is 0.359.